The fourth-order valence-electron chi connectivity index (χ4n) is 0.832. The maximum Gasteiger partial charge on any atom is 0.186 e. The molecule has 0 spiro atoms. The minimum Gasteiger partial charge on any atom is -0.760 e. The Morgan fingerprint density at radius 1 is 1.73 bits per heavy atom. The van der Waals surface area contributed by atoms with Crippen LogP contribution in [0.15, 0.2) is 0 Å². The molecule has 1 aliphatic rings. The molecule has 1 saturated heterocycles. The molecule has 0 bridgehead atoms. The topological polar surface area (TPSA) is 60.4 Å². The predicted octanol–water partition coefficient (Wildman–Crippen LogP) is -0.256. The lowest BCUT2D eigenvalue weighted by Crippen LogP contribution is -2.49. The van der Waals surface area contributed by atoms with Gasteiger partial charge in [-0.2, -0.15) is 0 Å². The van der Waals surface area contributed by atoms with Crippen LogP contribution < -0.4 is 0 Å². The number of hydrogen-bond acceptors (Lipinski definition) is 4. The lowest BCUT2D eigenvalue weighted by atomic mass is 10.3. The molecule has 4 nitrogen and oxygen atoms in total. The third-order valence-electron chi connectivity index (χ3n) is 1.36. The van der Waals surface area contributed by atoms with Gasteiger partial charge >= 0.3 is 0 Å². The highest BCUT2D eigenvalue weighted by atomic mass is 32.2. The highest BCUT2D eigenvalue weighted by Crippen LogP contribution is 2.23. The molecule has 1 rings (SSSR count). The van der Waals surface area contributed by atoms with Crippen LogP contribution in [0.5, 0.6) is 0 Å². The van der Waals surface area contributed by atoms with Gasteiger partial charge in [0.05, 0.1) is 0 Å². The molecule has 0 amide bonds. The van der Waals surface area contributed by atoms with Crippen LogP contribution in [-0.2, 0) is 16.1 Å². The summed E-state index contributed by atoms with van der Waals surface area (Å²) in [6, 6.07) is 0. The first kappa shape index (κ1) is 9.18. The van der Waals surface area contributed by atoms with Crippen LogP contribution in [-0.4, -0.2) is 36.5 Å². The number of carbonyl (C=O) groups is 1. The fraction of sp³-hybridized carbons (Fsp3) is 0.800. The van der Waals surface area contributed by atoms with Crippen LogP contribution in [0.1, 0.15) is 6.92 Å². The minimum absolute atomic E-state index is 0.0475. The van der Waals surface area contributed by atoms with Crippen molar-refractivity contribution >= 4 is 28.1 Å². The van der Waals surface area contributed by atoms with Crippen molar-refractivity contribution in [3.63, 3.8) is 0 Å². The minimum atomic E-state index is -2.10. The van der Waals surface area contributed by atoms with Gasteiger partial charge in [0.2, 0.25) is 0 Å². The predicted molar refractivity (Wildman–Crippen MR) is 42.6 cm³/mol. The van der Waals surface area contributed by atoms with Crippen molar-refractivity contribution in [2.75, 3.05) is 13.1 Å². The molecular formula is C5H8NO3S2-. The Morgan fingerprint density at radius 3 is 2.64 bits per heavy atom. The molecule has 0 aromatic rings. The Balaban J connectivity index is 2.19. The lowest BCUT2D eigenvalue weighted by molar-refractivity contribution is -0.109. The van der Waals surface area contributed by atoms with Crippen LogP contribution >= 0.6 is 11.8 Å². The number of nitrogens with zero attached hydrogens (tertiary/aromatic N) is 1. The van der Waals surface area contributed by atoms with E-state index < -0.39 is 11.3 Å². The summed E-state index contributed by atoms with van der Waals surface area (Å²) >= 11 is -0.892. The van der Waals surface area contributed by atoms with Gasteiger partial charge in [-0.25, -0.2) is 4.31 Å². The number of hydrogen-bond donors (Lipinski definition) is 0. The summed E-state index contributed by atoms with van der Waals surface area (Å²) in [6.07, 6.45) is 0. The van der Waals surface area contributed by atoms with E-state index in [0.717, 1.165) is 0 Å². The van der Waals surface area contributed by atoms with Crippen molar-refractivity contribution in [2.24, 2.45) is 0 Å². The largest absolute Gasteiger partial charge is 0.760 e. The molecule has 6 heteroatoms. The summed E-state index contributed by atoms with van der Waals surface area (Å²) in [5.41, 5.74) is 0. The number of rotatable bonds is 2. The second-order valence-corrected chi connectivity index (χ2v) is 4.72. The molecule has 1 unspecified atom stereocenters. The van der Waals surface area contributed by atoms with Gasteiger partial charge in [0.1, 0.15) is 0 Å². The quantitative estimate of drug-likeness (QED) is 0.568. The van der Waals surface area contributed by atoms with Gasteiger partial charge in [-0.1, -0.05) is 11.8 Å². The second-order valence-electron chi connectivity index (χ2n) is 2.30. The average molecular weight is 194 g/mol. The summed E-state index contributed by atoms with van der Waals surface area (Å²) in [4.78, 5) is 10.5. The highest BCUT2D eigenvalue weighted by Gasteiger charge is 2.28. The first-order valence-electron chi connectivity index (χ1n) is 3.11. The Morgan fingerprint density at radius 2 is 2.27 bits per heavy atom. The highest BCUT2D eigenvalue weighted by molar-refractivity contribution is 8.14. The molecule has 1 fully saturated rings. The molecule has 64 valence electrons. The van der Waals surface area contributed by atoms with Crippen LogP contribution in [0, 0.1) is 0 Å². The Kier molecular flexibility index (Phi) is 3.06. The molecule has 1 atom stereocenters. The van der Waals surface area contributed by atoms with Crippen LogP contribution in [0.4, 0.5) is 0 Å². The smallest absolute Gasteiger partial charge is 0.186 e. The van der Waals surface area contributed by atoms with Crippen LogP contribution in [0.3, 0.4) is 0 Å². The number of carbonyl (C=O) groups excluding carboxylic acids is 1. The molecule has 0 radical (unpaired) electrons. The standard InChI is InChI=1S/C5H9NO3S2/c1-4(7)10-5-2-6(3-5)11(8)9/h5H,2-3H2,1H3,(H,8,9)/p-1. The summed E-state index contributed by atoms with van der Waals surface area (Å²) in [7, 11) is 0. The van der Waals surface area contributed by atoms with E-state index in [-0.39, 0.29) is 10.4 Å². The average Bonchev–Trinajstić information content (AvgIpc) is 1.75. The van der Waals surface area contributed by atoms with Crippen molar-refractivity contribution in [2.45, 2.75) is 12.2 Å². The molecule has 0 aliphatic carbocycles. The van der Waals surface area contributed by atoms with Crippen molar-refractivity contribution in [1.29, 1.82) is 0 Å². The van der Waals surface area contributed by atoms with Gasteiger partial charge in [-0.05, 0) is 0 Å². The van der Waals surface area contributed by atoms with Gasteiger partial charge in [-0.3, -0.25) is 9.00 Å². The first-order chi connectivity index (χ1) is 5.09. The summed E-state index contributed by atoms with van der Waals surface area (Å²) < 4.78 is 21.8. The summed E-state index contributed by atoms with van der Waals surface area (Å²) in [5, 5.41) is 0.219. The second kappa shape index (κ2) is 3.66. The van der Waals surface area contributed by atoms with E-state index in [1.54, 1.807) is 0 Å². The fourth-order valence-corrected chi connectivity index (χ4v) is 2.60. The Hall–Kier alpha value is 0.0900. The lowest BCUT2D eigenvalue weighted by Gasteiger charge is -2.38. The van der Waals surface area contributed by atoms with Gasteiger partial charge in [0.25, 0.3) is 0 Å². The normalized spacial score (nSPS) is 22.7. The van der Waals surface area contributed by atoms with Crippen LogP contribution in [0.2, 0.25) is 0 Å². The molecule has 1 heterocycles. The van der Waals surface area contributed by atoms with Crippen molar-refractivity contribution in [3.8, 4) is 0 Å². The zero-order chi connectivity index (χ0) is 8.43. The maximum absolute atomic E-state index is 10.5. The van der Waals surface area contributed by atoms with E-state index in [1.807, 2.05) is 0 Å². The summed E-state index contributed by atoms with van der Waals surface area (Å²) in [5.74, 6) is 0. The molecule has 0 aromatic carbocycles. The SMILES string of the molecule is CC(=O)SC1CN(S(=O)[O-])C1. The van der Waals surface area contributed by atoms with Crippen LogP contribution in [0.25, 0.3) is 0 Å². The maximum atomic E-state index is 10.5. The Bertz CT molecular complexity index is 190. The summed E-state index contributed by atoms with van der Waals surface area (Å²) in [6.45, 7) is 2.43. The van der Waals surface area contributed by atoms with Gasteiger partial charge < -0.3 is 4.55 Å². The third-order valence-corrected chi connectivity index (χ3v) is 3.04. The van der Waals surface area contributed by atoms with E-state index >= 15 is 0 Å². The van der Waals surface area contributed by atoms with Crippen molar-refractivity contribution < 1.29 is 13.6 Å². The zero-order valence-corrected chi connectivity index (χ0v) is 7.61. The van der Waals surface area contributed by atoms with Gasteiger partial charge in [0, 0.05) is 36.5 Å². The number of thioether (sulfide) groups is 1. The van der Waals surface area contributed by atoms with Crippen molar-refractivity contribution in [1.82, 2.24) is 4.31 Å². The molecule has 0 N–H and O–H groups in total. The Labute approximate surface area is 71.8 Å². The van der Waals surface area contributed by atoms with Gasteiger partial charge in [-0.15, -0.1) is 0 Å². The zero-order valence-electron chi connectivity index (χ0n) is 5.98. The molecule has 0 saturated carbocycles. The van der Waals surface area contributed by atoms with Crippen molar-refractivity contribution in [3.05, 3.63) is 0 Å². The third kappa shape index (κ3) is 2.55. The molecule has 0 aromatic heterocycles. The van der Waals surface area contributed by atoms with E-state index in [1.165, 1.54) is 23.0 Å². The van der Waals surface area contributed by atoms with E-state index in [0.29, 0.717) is 13.1 Å². The molecular weight excluding hydrogens is 186 g/mol. The molecule has 1 aliphatic heterocycles. The van der Waals surface area contributed by atoms with Gasteiger partial charge in [0.15, 0.2) is 5.12 Å². The van der Waals surface area contributed by atoms with E-state index in [4.69, 9.17) is 0 Å². The monoisotopic (exact) mass is 194 g/mol. The van der Waals surface area contributed by atoms with E-state index in [2.05, 4.69) is 0 Å². The van der Waals surface area contributed by atoms with E-state index in [9.17, 15) is 13.6 Å². The first-order valence-corrected chi connectivity index (χ1v) is 5.02. The molecule has 11 heavy (non-hydrogen) atoms.